The molecule has 0 aliphatic carbocycles. The van der Waals surface area contributed by atoms with Crippen LogP contribution in [0.2, 0.25) is 0 Å². The van der Waals surface area contributed by atoms with E-state index in [1.807, 2.05) is 0 Å². The summed E-state index contributed by atoms with van der Waals surface area (Å²) in [6.07, 6.45) is 4.52. The Balaban J connectivity index is 1.67. The summed E-state index contributed by atoms with van der Waals surface area (Å²) in [5, 5.41) is 3.67. The molecule has 0 aliphatic rings. The Morgan fingerprint density at radius 3 is 2.38 bits per heavy atom. The summed E-state index contributed by atoms with van der Waals surface area (Å²) < 4.78 is 31.3. The second-order valence-corrected chi connectivity index (χ2v) is 8.25. The molecule has 0 spiro atoms. The third-order valence-electron chi connectivity index (χ3n) is 4.14. The minimum absolute atomic E-state index is 0.0941. The minimum Gasteiger partial charge on any atom is -0.468 e. The molecule has 9 heteroatoms. The summed E-state index contributed by atoms with van der Waals surface area (Å²) in [5.74, 6) is -1.64. The SMILES string of the molecule is O=C(NCc1cccnc1)C(=O)NCC(c1ccco1)S(=O)(=O)c1ccccc1. The summed E-state index contributed by atoms with van der Waals surface area (Å²) >= 11 is 0. The summed E-state index contributed by atoms with van der Waals surface area (Å²) in [6, 6.07) is 14.4. The highest BCUT2D eigenvalue weighted by atomic mass is 32.2. The number of carbonyl (C=O) groups is 2. The van der Waals surface area contributed by atoms with Gasteiger partial charge in [0.2, 0.25) is 0 Å². The molecule has 0 bridgehead atoms. The number of hydrogen-bond donors (Lipinski definition) is 2. The van der Waals surface area contributed by atoms with Crippen LogP contribution in [0.3, 0.4) is 0 Å². The van der Waals surface area contributed by atoms with E-state index in [1.165, 1.54) is 24.5 Å². The maximum absolute atomic E-state index is 13.0. The molecule has 1 aromatic carbocycles. The second kappa shape index (κ2) is 9.16. The lowest BCUT2D eigenvalue weighted by Crippen LogP contribution is -2.42. The van der Waals surface area contributed by atoms with Gasteiger partial charge in [-0.05, 0) is 35.9 Å². The van der Waals surface area contributed by atoms with Crippen LogP contribution in [0.4, 0.5) is 0 Å². The van der Waals surface area contributed by atoms with Gasteiger partial charge >= 0.3 is 11.8 Å². The van der Waals surface area contributed by atoms with E-state index < -0.39 is 26.9 Å². The third-order valence-corrected chi connectivity index (χ3v) is 6.21. The number of sulfone groups is 1. The lowest BCUT2D eigenvalue weighted by atomic mass is 10.3. The zero-order chi connectivity index (χ0) is 20.7. The van der Waals surface area contributed by atoms with Crippen LogP contribution < -0.4 is 10.6 Å². The predicted molar refractivity (Wildman–Crippen MR) is 104 cm³/mol. The number of benzene rings is 1. The first kappa shape index (κ1) is 20.3. The van der Waals surface area contributed by atoms with Crippen molar-refractivity contribution in [2.75, 3.05) is 6.54 Å². The van der Waals surface area contributed by atoms with Crippen molar-refractivity contribution in [1.82, 2.24) is 15.6 Å². The van der Waals surface area contributed by atoms with Gasteiger partial charge in [-0.1, -0.05) is 24.3 Å². The molecular formula is C20H19N3O5S. The molecule has 1 unspecified atom stereocenters. The number of rotatable bonds is 7. The number of furan rings is 1. The van der Waals surface area contributed by atoms with Crippen LogP contribution in [0.15, 0.2) is 82.6 Å². The van der Waals surface area contributed by atoms with E-state index >= 15 is 0 Å². The lowest BCUT2D eigenvalue weighted by Gasteiger charge is -2.16. The van der Waals surface area contributed by atoms with Gasteiger partial charge in [0, 0.05) is 25.5 Å². The van der Waals surface area contributed by atoms with E-state index in [1.54, 1.807) is 48.8 Å². The van der Waals surface area contributed by atoms with Gasteiger partial charge in [0.1, 0.15) is 11.0 Å². The molecule has 29 heavy (non-hydrogen) atoms. The van der Waals surface area contributed by atoms with Crippen LogP contribution in [0.1, 0.15) is 16.6 Å². The molecule has 2 heterocycles. The highest BCUT2D eigenvalue weighted by molar-refractivity contribution is 7.91. The Kier molecular flexibility index (Phi) is 6.40. The van der Waals surface area contributed by atoms with Crippen molar-refractivity contribution in [3.8, 4) is 0 Å². The number of amides is 2. The smallest absolute Gasteiger partial charge is 0.309 e. The van der Waals surface area contributed by atoms with Gasteiger partial charge in [0.25, 0.3) is 0 Å². The Bertz CT molecular complexity index is 1050. The molecule has 8 nitrogen and oxygen atoms in total. The molecular weight excluding hydrogens is 394 g/mol. The van der Waals surface area contributed by atoms with Gasteiger partial charge in [-0.25, -0.2) is 8.42 Å². The van der Waals surface area contributed by atoms with Crippen molar-refractivity contribution < 1.29 is 22.4 Å². The molecule has 0 saturated carbocycles. The van der Waals surface area contributed by atoms with Crippen molar-refractivity contribution >= 4 is 21.7 Å². The molecule has 150 valence electrons. The van der Waals surface area contributed by atoms with Crippen LogP contribution in [0.5, 0.6) is 0 Å². The topological polar surface area (TPSA) is 118 Å². The highest BCUT2D eigenvalue weighted by Gasteiger charge is 2.32. The van der Waals surface area contributed by atoms with Crippen LogP contribution in [-0.4, -0.2) is 31.8 Å². The second-order valence-electron chi connectivity index (χ2n) is 6.12. The standard InChI is InChI=1S/C20H19N3O5S/c24-19(22-13-15-6-4-10-21-12-15)20(25)23-14-18(17-9-5-11-28-17)29(26,27)16-7-2-1-3-8-16/h1-12,18H,13-14H2,(H,22,24)(H,23,25). The highest BCUT2D eigenvalue weighted by Crippen LogP contribution is 2.28. The Morgan fingerprint density at radius 2 is 1.72 bits per heavy atom. The van der Waals surface area contributed by atoms with Gasteiger partial charge in [-0.3, -0.25) is 14.6 Å². The summed E-state index contributed by atoms with van der Waals surface area (Å²) in [6.45, 7) is -0.187. The number of carbonyl (C=O) groups excluding carboxylic acids is 2. The maximum atomic E-state index is 13.0. The Morgan fingerprint density at radius 1 is 0.966 bits per heavy atom. The molecule has 2 aromatic heterocycles. The normalized spacial score (nSPS) is 12.1. The van der Waals surface area contributed by atoms with Crippen LogP contribution in [-0.2, 0) is 26.0 Å². The van der Waals surface area contributed by atoms with Gasteiger partial charge in [-0.2, -0.15) is 0 Å². The zero-order valence-corrected chi connectivity index (χ0v) is 16.1. The van der Waals surface area contributed by atoms with Gasteiger partial charge in [0.15, 0.2) is 9.84 Å². The number of aromatic nitrogens is 1. The Hall–Kier alpha value is -3.46. The molecule has 3 rings (SSSR count). The lowest BCUT2D eigenvalue weighted by molar-refractivity contribution is -0.139. The number of pyridine rings is 1. The van der Waals surface area contributed by atoms with E-state index in [9.17, 15) is 18.0 Å². The molecule has 0 radical (unpaired) electrons. The minimum atomic E-state index is -3.85. The molecule has 3 aromatic rings. The first-order chi connectivity index (χ1) is 14.0. The number of nitrogens with zero attached hydrogens (tertiary/aromatic N) is 1. The van der Waals surface area contributed by atoms with Crippen LogP contribution in [0.25, 0.3) is 0 Å². The molecule has 1 atom stereocenters. The molecule has 2 N–H and O–H groups in total. The monoisotopic (exact) mass is 413 g/mol. The fraction of sp³-hybridized carbons (Fsp3) is 0.150. The maximum Gasteiger partial charge on any atom is 0.309 e. The molecule has 0 saturated heterocycles. The predicted octanol–water partition coefficient (Wildman–Crippen LogP) is 1.62. The Labute approximate surface area is 167 Å². The molecule has 2 amide bonds. The largest absolute Gasteiger partial charge is 0.468 e. The summed E-state index contributed by atoms with van der Waals surface area (Å²) in [4.78, 5) is 28.2. The fourth-order valence-corrected chi connectivity index (χ4v) is 4.25. The third kappa shape index (κ3) is 5.08. The van der Waals surface area contributed by atoms with E-state index in [2.05, 4.69) is 15.6 Å². The van der Waals surface area contributed by atoms with Crippen LogP contribution >= 0.6 is 0 Å². The van der Waals surface area contributed by atoms with Crippen molar-refractivity contribution in [1.29, 1.82) is 0 Å². The first-order valence-electron chi connectivity index (χ1n) is 8.76. The average molecular weight is 413 g/mol. The fourth-order valence-electron chi connectivity index (χ4n) is 2.64. The van der Waals surface area contributed by atoms with Crippen molar-refractivity contribution in [2.45, 2.75) is 16.7 Å². The molecule has 0 aliphatic heterocycles. The van der Waals surface area contributed by atoms with Gasteiger partial charge in [0.05, 0.1) is 11.2 Å². The average Bonchev–Trinajstić information content (AvgIpc) is 3.27. The van der Waals surface area contributed by atoms with E-state index in [0.29, 0.717) is 0 Å². The van der Waals surface area contributed by atoms with E-state index in [-0.39, 0.29) is 23.7 Å². The number of nitrogens with one attached hydrogen (secondary N) is 2. The molecule has 0 fully saturated rings. The van der Waals surface area contributed by atoms with E-state index in [4.69, 9.17) is 4.42 Å². The summed E-state index contributed by atoms with van der Waals surface area (Å²) in [7, 11) is -3.85. The summed E-state index contributed by atoms with van der Waals surface area (Å²) in [5.41, 5.74) is 0.730. The quantitative estimate of drug-likeness (QED) is 0.568. The first-order valence-corrected chi connectivity index (χ1v) is 10.3. The van der Waals surface area contributed by atoms with Crippen molar-refractivity contribution in [3.05, 3.63) is 84.6 Å². The zero-order valence-electron chi connectivity index (χ0n) is 15.3. The van der Waals surface area contributed by atoms with Crippen LogP contribution in [0, 0.1) is 0 Å². The van der Waals surface area contributed by atoms with Crippen molar-refractivity contribution in [3.63, 3.8) is 0 Å². The van der Waals surface area contributed by atoms with Crippen molar-refractivity contribution in [2.24, 2.45) is 0 Å². The van der Waals surface area contributed by atoms with Gasteiger partial charge < -0.3 is 15.1 Å². The van der Waals surface area contributed by atoms with Gasteiger partial charge in [-0.15, -0.1) is 0 Å². The van der Waals surface area contributed by atoms with E-state index in [0.717, 1.165) is 5.56 Å². The number of hydrogen-bond acceptors (Lipinski definition) is 6.